The van der Waals surface area contributed by atoms with E-state index in [1.165, 1.54) is 0 Å². The van der Waals surface area contributed by atoms with Crippen molar-refractivity contribution in [3.63, 3.8) is 0 Å². The van der Waals surface area contributed by atoms with E-state index in [4.69, 9.17) is 4.74 Å². The largest absolute Gasteiger partial charge is 0.484 e. The van der Waals surface area contributed by atoms with E-state index in [-0.39, 0.29) is 12.5 Å². The minimum atomic E-state index is -0.176. The van der Waals surface area contributed by atoms with Crippen molar-refractivity contribution in [1.29, 1.82) is 0 Å². The summed E-state index contributed by atoms with van der Waals surface area (Å²) >= 11 is 0. The summed E-state index contributed by atoms with van der Waals surface area (Å²) < 4.78 is 7.37. The molecular weight excluding hydrogens is 314 g/mol. The van der Waals surface area contributed by atoms with Crippen LogP contribution in [0, 0.1) is 0 Å². The van der Waals surface area contributed by atoms with Crippen LogP contribution in [0.4, 0.5) is 0 Å². The summed E-state index contributed by atoms with van der Waals surface area (Å²) in [6.45, 7) is 0.354. The molecule has 5 nitrogen and oxygen atoms in total. The quantitative estimate of drug-likeness (QED) is 0.611. The molecule has 2 aromatic carbocycles. The molecule has 0 spiro atoms. The Balaban J connectivity index is 1.33. The lowest BCUT2D eigenvalue weighted by Crippen LogP contribution is -2.28. The molecule has 2 heterocycles. The summed E-state index contributed by atoms with van der Waals surface area (Å²) in [5, 5.41) is 9.46. The van der Waals surface area contributed by atoms with Gasteiger partial charge in [-0.25, -0.2) is 4.52 Å². The van der Waals surface area contributed by atoms with Crippen LogP contribution in [0.15, 0.2) is 72.9 Å². The zero-order valence-corrected chi connectivity index (χ0v) is 13.6. The maximum atomic E-state index is 12.0. The van der Waals surface area contributed by atoms with Crippen LogP contribution >= 0.6 is 0 Å². The fourth-order valence-electron chi connectivity index (χ4n) is 2.72. The van der Waals surface area contributed by atoms with E-state index in [1.54, 1.807) is 4.52 Å². The zero-order chi connectivity index (χ0) is 17.1. The summed E-state index contributed by atoms with van der Waals surface area (Å²) in [4.78, 5) is 12.0. The topological polar surface area (TPSA) is 55.6 Å². The van der Waals surface area contributed by atoms with E-state index < -0.39 is 0 Å². The molecule has 0 aliphatic rings. The van der Waals surface area contributed by atoms with Crippen LogP contribution < -0.4 is 10.1 Å². The maximum Gasteiger partial charge on any atom is 0.258 e. The number of ether oxygens (including phenoxy) is 1. The van der Waals surface area contributed by atoms with Crippen molar-refractivity contribution in [2.45, 2.75) is 6.54 Å². The number of rotatable bonds is 5. The van der Waals surface area contributed by atoms with Crippen molar-refractivity contribution in [1.82, 2.24) is 14.9 Å². The third-order valence-corrected chi connectivity index (χ3v) is 3.98. The Bertz CT molecular complexity index is 1010. The first-order chi connectivity index (χ1) is 12.3. The number of fused-ring (bicyclic) bond motifs is 2. The van der Waals surface area contributed by atoms with Gasteiger partial charge in [0.2, 0.25) is 0 Å². The van der Waals surface area contributed by atoms with Gasteiger partial charge in [0.05, 0.1) is 17.8 Å². The van der Waals surface area contributed by atoms with E-state index in [9.17, 15) is 4.79 Å². The van der Waals surface area contributed by atoms with Crippen molar-refractivity contribution in [2.24, 2.45) is 0 Å². The average Bonchev–Trinajstić information content (AvgIpc) is 3.07. The van der Waals surface area contributed by atoms with Gasteiger partial charge in [0.1, 0.15) is 5.75 Å². The summed E-state index contributed by atoms with van der Waals surface area (Å²) in [7, 11) is 0. The van der Waals surface area contributed by atoms with Gasteiger partial charge >= 0.3 is 0 Å². The fourth-order valence-corrected chi connectivity index (χ4v) is 2.72. The zero-order valence-electron chi connectivity index (χ0n) is 13.6. The van der Waals surface area contributed by atoms with Gasteiger partial charge in [-0.1, -0.05) is 36.4 Å². The standard InChI is InChI=1S/C20H17N3O2/c24-20(21-13-17-12-18-7-3-4-10-23(18)22-17)14-25-19-9-8-15-5-1-2-6-16(15)11-19/h1-12H,13-14H2,(H,21,24). The number of nitrogens with zero attached hydrogens (tertiary/aromatic N) is 2. The van der Waals surface area contributed by atoms with Gasteiger partial charge in [-0.05, 0) is 41.1 Å². The predicted octanol–water partition coefficient (Wildman–Crippen LogP) is 3.18. The number of pyridine rings is 1. The molecule has 4 rings (SSSR count). The monoisotopic (exact) mass is 331 g/mol. The van der Waals surface area contributed by atoms with Gasteiger partial charge in [-0.15, -0.1) is 0 Å². The second-order valence-corrected chi connectivity index (χ2v) is 5.78. The number of benzene rings is 2. The van der Waals surface area contributed by atoms with Crippen LogP contribution in [0.25, 0.3) is 16.3 Å². The molecule has 1 amide bonds. The molecule has 0 saturated heterocycles. The van der Waals surface area contributed by atoms with E-state index in [0.717, 1.165) is 22.0 Å². The number of carbonyl (C=O) groups excluding carboxylic acids is 1. The van der Waals surface area contributed by atoms with Crippen LogP contribution in [0.1, 0.15) is 5.69 Å². The number of hydrogen-bond donors (Lipinski definition) is 1. The predicted molar refractivity (Wildman–Crippen MR) is 96.5 cm³/mol. The third-order valence-electron chi connectivity index (χ3n) is 3.98. The number of amides is 1. The number of nitrogens with one attached hydrogen (secondary N) is 1. The Morgan fingerprint density at radius 1 is 1.00 bits per heavy atom. The molecule has 0 bridgehead atoms. The average molecular weight is 331 g/mol. The molecule has 1 N–H and O–H groups in total. The lowest BCUT2D eigenvalue weighted by atomic mass is 10.1. The first kappa shape index (κ1) is 15.2. The van der Waals surface area contributed by atoms with Crippen molar-refractivity contribution >= 4 is 22.2 Å². The van der Waals surface area contributed by atoms with Crippen LogP contribution in [0.2, 0.25) is 0 Å². The molecule has 0 aliphatic carbocycles. The van der Waals surface area contributed by atoms with Crippen molar-refractivity contribution < 1.29 is 9.53 Å². The molecule has 5 heteroatoms. The SMILES string of the molecule is O=C(COc1ccc2ccccc2c1)NCc1cc2ccccn2n1. The van der Waals surface area contributed by atoms with Gasteiger partial charge < -0.3 is 10.1 Å². The minimum Gasteiger partial charge on any atom is -0.484 e. The summed E-state index contributed by atoms with van der Waals surface area (Å²) in [6.07, 6.45) is 1.88. The van der Waals surface area contributed by atoms with Crippen LogP contribution in [0.5, 0.6) is 5.75 Å². The Morgan fingerprint density at radius 3 is 2.72 bits per heavy atom. The molecule has 124 valence electrons. The highest BCUT2D eigenvalue weighted by Gasteiger charge is 2.06. The molecule has 25 heavy (non-hydrogen) atoms. The minimum absolute atomic E-state index is 0.0221. The Kier molecular flexibility index (Phi) is 4.04. The molecule has 0 aliphatic heterocycles. The summed E-state index contributed by atoms with van der Waals surface area (Å²) in [5.41, 5.74) is 1.81. The van der Waals surface area contributed by atoms with Crippen molar-refractivity contribution in [2.75, 3.05) is 6.61 Å². The van der Waals surface area contributed by atoms with Gasteiger partial charge in [0, 0.05) is 6.20 Å². The Hall–Kier alpha value is -3.34. The Labute approximate surface area is 144 Å². The van der Waals surface area contributed by atoms with Crippen LogP contribution in [-0.4, -0.2) is 22.1 Å². The van der Waals surface area contributed by atoms with E-state index in [0.29, 0.717) is 12.3 Å². The second kappa shape index (κ2) is 6.65. The first-order valence-corrected chi connectivity index (χ1v) is 8.09. The lowest BCUT2D eigenvalue weighted by molar-refractivity contribution is -0.123. The number of hydrogen-bond acceptors (Lipinski definition) is 3. The van der Waals surface area contributed by atoms with E-state index in [1.807, 2.05) is 72.9 Å². The normalized spacial score (nSPS) is 10.9. The molecule has 0 fully saturated rings. The maximum absolute atomic E-state index is 12.0. The third kappa shape index (κ3) is 3.45. The molecule has 4 aromatic rings. The van der Waals surface area contributed by atoms with Crippen LogP contribution in [-0.2, 0) is 11.3 Å². The number of carbonyl (C=O) groups is 1. The smallest absolute Gasteiger partial charge is 0.258 e. The molecule has 0 atom stereocenters. The number of aromatic nitrogens is 2. The summed E-state index contributed by atoms with van der Waals surface area (Å²) in [5.74, 6) is 0.506. The second-order valence-electron chi connectivity index (χ2n) is 5.78. The van der Waals surface area contributed by atoms with Crippen molar-refractivity contribution in [3.05, 3.63) is 78.6 Å². The lowest BCUT2D eigenvalue weighted by Gasteiger charge is -2.07. The van der Waals surface area contributed by atoms with Gasteiger partial charge in [-0.2, -0.15) is 5.10 Å². The fraction of sp³-hybridized carbons (Fsp3) is 0.100. The van der Waals surface area contributed by atoms with Gasteiger partial charge in [0.15, 0.2) is 6.61 Å². The van der Waals surface area contributed by atoms with Crippen molar-refractivity contribution in [3.8, 4) is 5.75 Å². The molecular formula is C20H17N3O2. The summed E-state index contributed by atoms with van der Waals surface area (Å²) in [6, 6.07) is 21.6. The molecule has 0 radical (unpaired) electrons. The first-order valence-electron chi connectivity index (χ1n) is 8.09. The van der Waals surface area contributed by atoms with Gasteiger partial charge in [-0.3, -0.25) is 4.79 Å². The highest BCUT2D eigenvalue weighted by molar-refractivity contribution is 5.84. The van der Waals surface area contributed by atoms with Crippen LogP contribution in [0.3, 0.4) is 0 Å². The Morgan fingerprint density at radius 2 is 1.84 bits per heavy atom. The highest BCUT2D eigenvalue weighted by atomic mass is 16.5. The molecule has 0 unspecified atom stereocenters. The van der Waals surface area contributed by atoms with E-state index in [2.05, 4.69) is 10.4 Å². The van der Waals surface area contributed by atoms with Gasteiger partial charge in [0.25, 0.3) is 5.91 Å². The highest BCUT2D eigenvalue weighted by Crippen LogP contribution is 2.20. The van der Waals surface area contributed by atoms with E-state index >= 15 is 0 Å². The molecule has 2 aromatic heterocycles. The molecule has 0 saturated carbocycles.